The molecule has 0 spiro atoms. The lowest BCUT2D eigenvalue weighted by Crippen LogP contribution is -2.16. The number of amides is 1. The third-order valence-electron chi connectivity index (χ3n) is 3.91. The summed E-state index contributed by atoms with van der Waals surface area (Å²) in [4.78, 5) is 19.7. The number of rotatable bonds is 5. The van der Waals surface area contributed by atoms with Crippen LogP contribution in [0.2, 0.25) is 0 Å². The number of primary amides is 1. The minimum absolute atomic E-state index is 0.0155. The van der Waals surface area contributed by atoms with Crippen LogP contribution in [0, 0.1) is 11.6 Å². The van der Waals surface area contributed by atoms with Gasteiger partial charge in [-0.15, -0.1) is 11.3 Å². The highest BCUT2D eigenvalue weighted by Crippen LogP contribution is 2.40. The van der Waals surface area contributed by atoms with Crippen molar-refractivity contribution >= 4 is 34.0 Å². The van der Waals surface area contributed by atoms with Crippen molar-refractivity contribution in [2.45, 2.75) is 19.4 Å². The normalized spacial score (nSPS) is 11.5. The van der Waals surface area contributed by atoms with Crippen molar-refractivity contribution in [1.82, 2.24) is 9.97 Å². The van der Waals surface area contributed by atoms with Gasteiger partial charge in [-0.3, -0.25) is 4.79 Å². The second kappa shape index (κ2) is 7.13. The van der Waals surface area contributed by atoms with E-state index in [0.29, 0.717) is 5.82 Å². The van der Waals surface area contributed by atoms with Gasteiger partial charge in [-0.1, -0.05) is 0 Å². The number of benzene rings is 1. The highest BCUT2D eigenvalue weighted by Gasteiger charge is 2.24. The first-order valence-electron chi connectivity index (χ1n) is 8.07. The standard InChI is InChI=1S/C18H17F2N5O2S/c1-18(2,27)8-5-10(19)14(11(20)6-8)12-7-9(15(21)26)16(28-12)24-13-3-4-23-17(22)25-13/h3-7,27H,1-2H3,(H2,21,26)(H3,22,23,24,25). The smallest absolute Gasteiger partial charge is 0.251 e. The van der Waals surface area contributed by atoms with Crippen molar-refractivity contribution < 1.29 is 18.7 Å². The number of nitrogens with two attached hydrogens (primary N) is 2. The van der Waals surface area contributed by atoms with Crippen molar-refractivity contribution in [3.8, 4) is 10.4 Å². The molecule has 28 heavy (non-hydrogen) atoms. The highest BCUT2D eigenvalue weighted by atomic mass is 32.1. The zero-order valence-electron chi connectivity index (χ0n) is 15.0. The Morgan fingerprint density at radius 1 is 1.25 bits per heavy atom. The van der Waals surface area contributed by atoms with Crippen LogP contribution < -0.4 is 16.8 Å². The molecule has 3 aromatic rings. The molecule has 3 rings (SSSR count). The largest absolute Gasteiger partial charge is 0.386 e. The maximum atomic E-state index is 14.6. The molecule has 2 aromatic heterocycles. The topological polar surface area (TPSA) is 127 Å². The number of carbonyl (C=O) groups is 1. The number of thiophene rings is 1. The Hall–Kier alpha value is -3.11. The van der Waals surface area contributed by atoms with Crippen LogP contribution in [0.5, 0.6) is 0 Å². The Labute approximate surface area is 163 Å². The molecule has 10 heteroatoms. The number of nitrogens with zero attached hydrogens (tertiary/aromatic N) is 2. The SMILES string of the molecule is CC(C)(O)c1cc(F)c(-c2cc(C(N)=O)c(Nc3ccnc(N)n3)s2)c(F)c1. The molecule has 1 amide bonds. The Morgan fingerprint density at radius 3 is 2.43 bits per heavy atom. The summed E-state index contributed by atoms with van der Waals surface area (Å²) in [5, 5.41) is 13.1. The van der Waals surface area contributed by atoms with Gasteiger partial charge in [0.1, 0.15) is 22.5 Å². The molecule has 146 valence electrons. The molecule has 0 fully saturated rings. The summed E-state index contributed by atoms with van der Waals surface area (Å²) in [6, 6.07) is 4.92. The molecule has 6 N–H and O–H groups in total. The van der Waals surface area contributed by atoms with E-state index in [0.717, 1.165) is 23.5 Å². The van der Waals surface area contributed by atoms with Crippen molar-refractivity contribution in [2.75, 3.05) is 11.1 Å². The van der Waals surface area contributed by atoms with Crippen LogP contribution >= 0.6 is 11.3 Å². The molecule has 0 saturated heterocycles. The van der Waals surface area contributed by atoms with E-state index >= 15 is 0 Å². The first-order chi connectivity index (χ1) is 13.1. The van der Waals surface area contributed by atoms with Gasteiger partial charge in [0.05, 0.1) is 16.7 Å². The molecule has 2 heterocycles. The van der Waals surface area contributed by atoms with E-state index in [9.17, 15) is 18.7 Å². The fourth-order valence-electron chi connectivity index (χ4n) is 2.51. The van der Waals surface area contributed by atoms with E-state index in [1.165, 1.54) is 32.2 Å². The molecule has 0 bridgehead atoms. The summed E-state index contributed by atoms with van der Waals surface area (Å²) >= 11 is 0.928. The molecule has 0 aliphatic carbocycles. The van der Waals surface area contributed by atoms with Crippen LogP contribution in [0.4, 0.5) is 25.5 Å². The van der Waals surface area contributed by atoms with Gasteiger partial charge in [-0.2, -0.15) is 4.98 Å². The van der Waals surface area contributed by atoms with Crippen LogP contribution in [0.25, 0.3) is 10.4 Å². The maximum Gasteiger partial charge on any atom is 0.251 e. The van der Waals surface area contributed by atoms with E-state index in [1.54, 1.807) is 0 Å². The van der Waals surface area contributed by atoms with E-state index in [2.05, 4.69) is 15.3 Å². The summed E-state index contributed by atoms with van der Waals surface area (Å²) in [6.07, 6.45) is 1.41. The number of aliphatic hydroxyl groups is 1. The van der Waals surface area contributed by atoms with Gasteiger partial charge in [0.2, 0.25) is 5.95 Å². The molecule has 0 unspecified atom stereocenters. The molecule has 0 radical (unpaired) electrons. The summed E-state index contributed by atoms with van der Waals surface area (Å²) in [5.41, 5.74) is 9.32. The molecule has 0 saturated carbocycles. The van der Waals surface area contributed by atoms with Crippen molar-refractivity contribution in [3.63, 3.8) is 0 Å². The van der Waals surface area contributed by atoms with Gasteiger partial charge in [-0.25, -0.2) is 13.8 Å². The number of hydrogen-bond acceptors (Lipinski definition) is 7. The Kier molecular flexibility index (Phi) is 5.01. The van der Waals surface area contributed by atoms with Crippen molar-refractivity contribution in [2.24, 2.45) is 5.73 Å². The van der Waals surface area contributed by atoms with Gasteiger partial charge in [0, 0.05) is 11.1 Å². The number of nitrogen functional groups attached to an aromatic ring is 1. The predicted molar refractivity (Wildman–Crippen MR) is 103 cm³/mol. The van der Waals surface area contributed by atoms with Gasteiger partial charge >= 0.3 is 0 Å². The lowest BCUT2D eigenvalue weighted by molar-refractivity contribution is 0.0778. The van der Waals surface area contributed by atoms with Gasteiger partial charge in [-0.05, 0) is 43.7 Å². The number of hydrogen-bond donors (Lipinski definition) is 4. The van der Waals surface area contributed by atoms with Gasteiger partial charge < -0.3 is 21.9 Å². The average molecular weight is 405 g/mol. The van der Waals surface area contributed by atoms with Gasteiger partial charge in [0.25, 0.3) is 5.91 Å². The first kappa shape index (κ1) is 19.6. The van der Waals surface area contributed by atoms with E-state index in [1.807, 2.05) is 0 Å². The number of halogens is 2. The second-order valence-electron chi connectivity index (χ2n) is 6.52. The summed E-state index contributed by atoms with van der Waals surface area (Å²) < 4.78 is 29.3. The fourth-order valence-corrected chi connectivity index (χ4v) is 3.63. The second-order valence-corrected chi connectivity index (χ2v) is 7.57. The Balaban J connectivity index is 2.08. The summed E-state index contributed by atoms with van der Waals surface area (Å²) in [5.74, 6) is -2.20. The third-order valence-corrected chi connectivity index (χ3v) is 4.98. The molecule has 0 aliphatic heterocycles. The predicted octanol–water partition coefficient (Wildman–Crippen LogP) is 3.14. The minimum Gasteiger partial charge on any atom is -0.386 e. The highest BCUT2D eigenvalue weighted by molar-refractivity contribution is 7.20. The quantitative estimate of drug-likeness (QED) is 0.516. The van der Waals surface area contributed by atoms with Crippen LogP contribution in [0.15, 0.2) is 30.5 Å². The number of carbonyl (C=O) groups excluding carboxylic acids is 1. The van der Waals surface area contributed by atoms with Crippen LogP contribution in [-0.4, -0.2) is 21.0 Å². The zero-order valence-corrected chi connectivity index (χ0v) is 15.8. The molecule has 0 atom stereocenters. The molecule has 1 aromatic carbocycles. The lowest BCUT2D eigenvalue weighted by Gasteiger charge is -2.18. The van der Waals surface area contributed by atoms with E-state index < -0.39 is 23.1 Å². The summed E-state index contributed by atoms with van der Waals surface area (Å²) in [7, 11) is 0. The first-order valence-corrected chi connectivity index (χ1v) is 8.89. The number of aromatic nitrogens is 2. The number of anilines is 3. The van der Waals surface area contributed by atoms with Gasteiger partial charge in [0.15, 0.2) is 0 Å². The van der Waals surface area contributed by atoms with E-state index in [4.69, 9.17) is 11.5 Å². The third kappa shape index (κ3) is 3.92. The molecule has 0 aliphatic rings. The summed E-state index contributed by atoms with van der Waals surface area (Å²) in [6.45, 7) is 2.85. The Morgan fingerprint density at radius 2 is 1.89 bits per heavy atom. The lowest BCUT2D eigenvalue weighted by atomic mass is 9.96. The zero-order chi connectivity index (χ0) is 20.6. The van der Waals surface area contributed by atoms with E-state index in [-0.39, 0.29) is 32.5 Å². The fraction of sp³-hybridized carbons (Fsp3) is 0.167. The monoisotopic (exact) mass is 405 g/mol. The minimum atomic E-state index is -1.41. The number of nitrogens with one attached hydrogen (secondary N) is 1. The molecular formula is C18H17F2N5O2S. The molecule has 7 nitrogen and oxygen atoms in total. The maximum absolute atomic E-state index is 14.6. The average Bonchev–Trinajstić information content (AvgIpc) is 2.97. The van der Waals surface area contributed by atoms with Crippen LogP contribution in [0.3, 0.4) is 0 Å². The van der Waals surface area contributed by atoms with Crippen LogP contribution in [0.1, 0.15) is 29.8 Å². The van der Waals surface area contributed by atoms with Crippen LogP contribution in [-0.2, 0) is 5.60 Å². The van der Waals surface area contributed by atoms with Crippen molar-refractivity contribution in [1.29, 1.82) is 0 Å². The molecular weight excluding hydrogens is 388 g/mol. The van der Waals surface area contributed by atoms with Crippen molar-refractivity contribution in [3.05, 3.63) is 53.2 Å². The Bertz CT molecular complexity index is 1040.